The zero-order chi connectivity index (χ0) is 14.4. The smallest absolute Gasteiger partial charge is 0.233 e. The highest BCUT2D eigenvalue weighted by Gasteiger charge is 2.22. The Morgan fingerprint density at radius 2 is 1.80 bits per heavy atom. The SMILES string of the molecule is O=S(=O)(Cl)CC(COC1CCCCC1)c1ccccc1. The first kappa shape index (κ1) is 15.8. The van der Waals surface area contributed by atoms with Crippen molar-refractivity contribution < 1.29 is 13.2 Å². The van der Waals surface area contributed by atoms with Crippen LogP contribution in [-0.2, 0) is 13.8 Å². The van der Waals surface area contributed by atoms with Crippen LogP contribution in [0.4, 0.5) is 0 Å². The molecule has 0 spiro atoms. The zero-order valence-corrected chi connectivity index (χ0v) is 13.1. The summed E-state index contributed by atoms with van der Waals surface area (Å²) >= 11 is 0. The van der Waals surface area contributed by atoms with E-state index in [0.717, 1.165) is 18.4 Å². The largest absolute Gasteiger partial charge is 0.378 e. The van der Waals surface area contributed by atoms with Crippen LogP contribution < -0.4 is 0 Å². The van der Waals surface area contributed by atoms with E-state index in [1.54, 1.807) is 0 Å². The average Bonchev–Trinajstić information content (AvgIpc) is 2.44. The van der Waals surface area contributed by atoms with Crippen LogP contribution >= 0.6 is 10.7 Å². The molecule has 20 heavy (non-hydrogen) atoms. The molecule has 1 aromatic rings. The van der Waals surface area contributed by atoms with Crippen LogP contribution in [0.5, 0.6) is 0 Å². The standard InChI is InChI=1S/C15H21ClO3S/c16-20(17,18)12-14(13-7-3-1-4-8-13)11-19-15-9-5-2-6-10-15/h1,3-4,7-8,14-15H,2,5-6,9-12H2. The zero-order valence-electron chi connectivity index (χ0n) is 11.5. The number of hydrogen-bond donors (Lipinski definition) is 0. The van der Waals surface area contributed by atoms with Crippen molar-refractivity contribution in [3.8, 4) is 0 Å². The molecule has 0 aliphatic heterocycles. The second-order valence-electron chi connectivity index (χ2n) is 5.41. The molecule has 2 rings (SSSR count). The highest BCUT2D eigenvalue weighted by Crippen LogP contribution is 2.24. The molecule has 1 saturated carbocycles. The Labute approximate surface area is 125 Å². The Morgan fingerprint density at radius 1 is 1.15 bits per heavy atom. The van der Waals surface area contributed by atoms with Gasteiger partial charge in [-0.05, 0) is 18.4 Å². The van der Waals surface area contributed by atoms with Crippen LogP contribution in [0.2, 0.25) is 0 Å². The Bertz CT molecular complexity index is 495. The van der Waals surface area contributed by atoms with Gasteiger partial charge < -0.3 is 4.74 Å². The first-order chi connectivity index (χ1) is 9.54. The van der Waals surface area contributed by atoms with Crippen LogP contribution in [0.3, 0.4) is 0 Å². The van der Waals surface area contributed by atoms with Crippen LogP contribution in [-0.4, -0.2) is 26.9 Å². The molecular formula is C15H21ClO3S. The molecule has 1 fully saturated rings. The normalized spacial score (nSPS) is 18.9. The number of hydrogen-bond acceptors (Lipinski definition) is 3. The highest BCUT2D eigenvalue weighted by molar-refractivity contribution is 8.13. The molecule has 3 nitrogen and oxygen atoms in total. The quantitative estimate of drug-likeness (QED) is 0.752. The lowest BCUT2D eigenvalue weighted by atomic mass is 9.97. The third kappa shape index (κ3) is 5.43. The van der Waals surface area contributed by atoms with Gasteiger partial charge in [-0.2, -0.15) is 0 Å². The van der Waals surface area contributed by atoms with Gasteiger partial charge in [0.25, 0.3) is 0 Å². The summed E-state index contributed by atoms with van der Waals surface area (Å²) in [6, 6.07) is 9.58. The summed E-state index contributed by atoms with van der Waals surface area (Å²) in [6.07, 6.45) is 6.11. The molecule has 0 radical (unpaired) electrons. The predicted molar refractivity (Wildman–Crippen MR) is 81.6 cm³/mol. The number of rotatable bonds is 6. The van der Waals surface area contributed by atoms with E-state index in [-0.39, 0.29) is 17.8 Å². The van der Waals surface area contributed by atoms with Gasteiger partial charge in [-0.25, -0.2) is 8.42 Å². The van der Waals surface area contributed by atoms with Crippen molar-refractivity contribution in [1.29, 1.82) is 0 Å². The minimum absolute atomic E-state index is 0.0781. The monoisotopic (exact) mass is 316 g/mol. The van der Waals surface area contributed by atoms with Crippen molar-refractivity contribution >= 4 is 19.7 Å². The van der Waals surface area contributed by atoms with Gasteiger partial charge in [-0.3, -0.25) is 0 Å². The van der Waals surface area contributed by atoms with E-state index in [0.29, 0.717) is 6.61 Å². The van der Waals surface area contributed by atoms with Gasteiger partial charge in [0.2, 0.25) is 9.05 Å². The van der Waals surface area contributed by atoms with E-state index in [2.05, 4.69) is 0 Å². The van der Waals surface area contributed by atoms with Crippen molar-refractivity contribution in [2.45, 2.75) is 44.1 Å². The number of ether oxygens (including phenoxy) is 1. The molecule has 0 saturated heterocycles. The molecule has 0 N–H and O–H groups in total. The van der Waals surface area contributed by atoms with Crippen molar-refractivity contribution in [2.24, 2.45) is 0 Å². The maximum Gasteiger partial charge on any atom is 0.233 e. The summed E-state index contributed by atoms with van der Waals surface area (Å²) < 4.78 is 28.7. The molecule has 0 amide bonds. The Morgan fingerprint density at radius 3 is 2.40 bits per heavy atom. The second-order valence-corrected chi connectivity index (χ2v) is 8.23. The van der Waals surface area contributed by atoms with E-state index in [4.69, 9.17) is 15.4 Å². The van der Waals surface area contributed by atoms with Gasteiger partial charge in [-0.15, -0.1) is 0 Å². The predicted octanol–water partition coefficient (Wildman–Crippen LogP) is 3.69. The van der Waals surface area contributed by atoms with Crippen LogP contribution in [0.15, 0.2) is 30.3 Å². The first-order valence-corrected chi connectivity index (χ1v) is 9.61. The van der Waals surface area contributed by atoms with Crippen LogP contribution in [0.25, 0.3) is 0 Å². The van der Waals surface area contributed by atoms with Crippen molar-refractivity contribution in [3.05, 3.63) is 35.9 Å². The van der Waals surface area contributed by atoms with Gasteiger partial charge >= 0.3 is 0 Å². The second kappa shape index (κ2) is 7.43. The van der Waals surface area contributed by atoms with Crippen molar-refractivity contribution in [3.63, 3.8) is 0 Å². The van der Waals surface area contributed by atoms with E-state index >= 15 is 0 Å². The molecule has 1 aliphatic rings. The van der Waals surface area contributed by atoms with E-state index in [1.165, 1.54) is 19.3 Å². The van der Waals surface area contributed by atoms with Crippen LogP contribution in [0.1, 0.15) is 43.6 Å². The van der Waals surface area contributed by atoms with E-state index in [9.17, 15) is 8.42 Å². The molecular weight excluding hydrogens is 296 g/mol. The third-order valence-electron chi connectivity index (χ3n) is 3.76. The molecule has 1 unspecified atom stereocenters. The molecule has 1 atom stereocenters. The lowest BCUT2D eigenvalue weighted by Crippen LogP contribution is -2.23. The van der Waals surface area contributed by atoms with Gasteiger partial charge in [-0.1, -0.05) is 49.6 Å². The summed E-state index contributed by atoms with van der Waals surface area (Å²) in [7, 11) is 1.88. The van der Waals surface area contributed by atoms with Crippen LogP contribution in [0, 0.1) is 0 Å². The average molecular weight is 317 g/mol. The summed E-state index contributed by atoms with van der Waals surface area (Å²) in [5.74, 6) is -0.272. The summed E-state index contributed by atoms with van der Waals surface area (Å²) in [6.45, 7) is 0.417. The van der Waals surface area contributed by atoms with Gasteiger partial charge in [0, 0.05) is 16.6 Å². The Balaban J connectivity index is 1.99. The first-order valence-electron chi connectivity index (χ1n) is 7.13. The lowest BCUT2D eigenvalue weighted by Gasteiger charge is -2.25. The topological polar surface area (TPSA) is 43.4 Å². The molecule has 0 heterocycles. The van der Waals surface area contributed by atoms with Gasteiger partial charge in [0.05, 0.1) is 18.5 Å². The fraction of sp³-hybridized carbons (Fsp3) is 0.600. The number of halogens is 1. The van der Waals surface area contributed by atoms with Gasteiger partial charge in [0.1, 0.15) is 0 Å². The highest BCUT2D eigenvalue weighted by atomic mass is 35.7. The Kier molecular flexibility index (Phi) is 5.87. The molecule has 1 aromatic carbocycles. The lowest BCUT2D eigenvalue weighted by molar-refractivity contribution is 0.0224. The fourth-order valence-electron chi connectivity index (χ4n) is 2.69. The molecule has 1 aliphatic carbocycles. The van der Waals surface area contributed by atoms with E-state index in [1.807, 2.05) is 30.3 Å². The summed E-state index contributed by atoms with van der Waals surface area (Å²) in [5, 5.41) is 0. The minimum Gasteiger partial charge on any atom is -0.378 e. The molecule has 112 valence electrons. The molecule has 0 aromatic heterocycles. The Hall–Kier alpha value is -0.580. The van der Waals surface area contributed by atoms with Gasteiger partial charge in [0.15, 0.2) is 0 Å². The maximum atomic E-state index is 11.4. The minimum atomic E-state index is -3.53. The van der Waals surface area contributed by atoms with Crippen molar-refractivity contribution in [1.82, 2.24) is 0 Å². The fourth-order valence-corrected chi connectivity index (χ4v) is 3.92. The third-order valence-corrected chi connectivity index (χ3v) is 4.94. The summed E-state index contributed by atoms with van der Waals surface area (Å²) in [4.78, 5) is 0. The maximum absolute atomic E-state index is 11.4. The van der Waals surface area contributed by atoms with Crippen molar-refractivity contribution in [2.75, 3.05) is 12.4 Å². The molecule has 5 heteroatoms. The molecule has 0 bridgehead atoms. The van der Waals surface area contributed by atoms with E-state index < -0.39 is 9.05 Å². The number of benzene rings is 1. The summed E-state index contributed by atoms with van der Waals surface area (Å²) in [5.41, 5.74) is 0.965.